The molecule has 2 nitrogen and oxygen atoms in total. The van der Waals surface area contributed by atoms with Gasteiger partial charge >= 0.3 is 5.97 Å². The van der Waals surface area contributed by atoms with Gasteiger partial charge < -0.3 is 4.74 Å². The van der Waals surface area contributed by atoms with Crippen LogP contribution in [0.25, 0.3) is 0 Å². The topological polar surface area (TPSA) is 26.3 Å². The summed E-state index contributed by atoms with van der Waals surface area (Å²) in [6.07, 6.45) is 0.453. The SMILES string of the molecule is C=C1CC(CCl)OC1=O. The van der Waals surface area contributed by atoms with Crippen molar-refractivity contribution in [2.24, 2.45) is 0 Å². The second-order valence-electron chi connectivity index (χ2n) is 1.99. The summed E-state index contributed by atoms with van der Waals surface area (Å²) in [4.78, 5) is 10.6. The van der Waals surface area contributed by atoms with Crippen LogP contribution in [0.3, 0.4) is 0 Å². The van der Waals surface area contributed by atoms with Gasteiger partial charge in [0.25, 0.3) is 0 Å². The molecule has 0 radical (unpaired) electrons. The third-order valence-electron chi connectivity index (χ3n) is 1.21. The van der Waals surface area contributed by atoms with E-state index in [2.05, 4.69) is 6.58 Å². The van der Waals surface area contributed by atoms with Crippen LogP contribution in [0, 0.1) is 0 Å². The third-order valence-corrected chi connectivity index (χ3v) is 1.55. The molecule has 9 heavy (non-hydrogen) atoms. The van der Waals surface area contributed by atoms with Crippen molar-refractivity contribution in [3.05, 3.63) is 12.2 Å². The monoisotopic (exact) mass is 146 g/mol. The second-order valence-corrected chi connectivity index (χ2v) is 2.30. The first-order valence-corrected chi connectivity index (χ1v) is 3.22. The van der Waals surface area contributed by atoms with E-state index in [4.69, 9.17) is 16.3 Å². The molecule has 0 aromatic carbocycles. The number of ether oxygens (including phenoxy) is 1. The molecular formula is C6H7ClO2. The summed E-state index contributed by atoms with van der Waals surface area (Å²) in [6, 6.07) is 0. The van der Waals surface area contributed by atoms with Crippen LogP contribution in [0.15, 0.2) is 12.2 Å². The van der Waals surface area contributed by atoms with Crippen LogP contribution in [0.1, 0.15) is 6.42 Å². The van der Waals surface area contributed by atoms with Crippen molar-refractivity contribution < 1.29 is 9.53 Å². The maximum atomic E-state index is 10.6. The number of hydrogen-bond donors (Lipinski definition) is 0. The lowest BCUT2D eigenvalue weighted by molar-refractivity contribution is -0.138. The number of hydrogen-bond acceptors (Lipinski definition) is 2. The summed E-state index contributed by atoms with van der Waals surface area (Å²) in [5.74, 6) is 0.0609. The summed E-state index contributed by atoms with van der Waals surface area (Å²) < 4.78 is 4.75. The Hall–Kier alpha value is -0.500. The van der Waals surface area contributed by atoms with Gasteiger partial charge in [0.05, 0.1) is 5.88 Å². The molecular weight excluding hydrogens is 140 g/mol. The highest BCUT2D eigenvalue weighted by Crippen LogP contribution is 2.18. The Balaban J connectivity index is 2.54. The summed E-state index contributed by atoms with van der Waals surface area (Å²) in [7, 11) is 0. The average molecular weight is 147 g/mol. The molecule has 1 rings (SSSR count). The van der Waals surface area contributed by atoms with Gasteiger partial charge in [0.2, 0.25) is 0 Å². The van der Waals surface area contributed by atoms with Crippen molar-refractivity contribution in [1.29, 1.82) is 0 Å². The van der Waals surface area contributed by atoms with Gasteiger partial charge in [-0.2, -0.15) is 0 Å². The maximum Gasteiger partial charge on any atom is 0.333 e. The minimum atomic E-state index is -0.305. The van der Waals surface area contributed by atoms with E-state index in [0.717, 1.165) is 0 Å². The molecule has 0 saturated carbocycles. The molecule has 3 heteroatoms. The number of carbonyl (C=O) groups excluding carboxylic acids is 1. The number of esters is 1. The molecule has 0 aliphatic carbocycles. The Labute approximate surface area is 58.4 Å². The number of cyclic esters (lactones) is 1. The smallest absolute Gasteiger partial charge is 0.333 e. The lowest BCUT2D eigenvalue weighted by atomic mass is 10.2. The highest BCUT2D eigenvalue weighted by molar-refractivity contribution is 6.18. The third kappa shape index (κ3) is 1.24. The highest BCUT2D eigenvalue weighted by Gasteiger charge is 2.25. The molecule has 0 aromatic rings. The highest BCUT2D eigenvalue weighted by atomic mass is 35.5. The molecule has 1 saturated heterocycles. The fourth-order valence-electron chi connectivity index (χ4n) is 0.721. The average Bonchev–Trinajstić information content (AvgIpc) is 2.13. The molecule has 50 valence electrons. The van der Waals surface area contributed by atoms with Crippen LogP contribution < -0.4 is 0 Å². The Morgan fingerprint density at radius 1 is 1.89 bits per heavy atom. The molecule has 0 bridgehead atoms. The molecule has 1 atom stereocenters. The van der Waals surface area contributed by atoms with Gasteiger partial charge in [-0.05, 0) is 0 Å². The number of alkyl halides is 1. The molecule has 1 aliphatic heterocycles. The van der Waals surface area contributed by atoms with Gasteiger partial charge in [-0.15, -0.1) is 11.6 Å². The standard InChI is InChI=1S/C6H7ClO2/c1-4-2-5(3-7)9-6(4)8/h5H,1-3H2. The maximum absolute atomic E-state index is 10.6. The molecule has 0 amide bonds. The molecule has 1 fully saturated rings. The molecule has 1 aliphatic rings. The summed E-state index contributed by atoms with van der Waals surface area (Å²) >= 11 is 5.42. The van der Waals surface area contributed by atoms with Crippen molar-refractivity contribution in [3.8, 4) is 0 Å². The van der Waals surface area contributed by atoms with Gasteiger partial charge in [-0.1, -0.05) is 6.58 Å². The Bertz CT molecular complexity index is 137. The van der Waals surface area contributed by atoms with Crippen molar-refractivity contribution >= 4 is 17.6 Å². The predicted octanol–water partition coefficient (Wildman–Crippen LogP) is 1.10. The van der Waals surface area contributed by atoms with Gasteiger partial charge in [0.1, 0.15) is 6.10 Å². The van der Waals surface area contributed by atoms with Crippen LogP contribution >= 0.6 is 11.6 Å². The van der Waals surface area contributed by atoms with Crippen LogP contribution in [-0.2, 0) is 9.53 Å². The number of rotatable bonds is 1. The van der Waals surface area contributed by atoms with Crippen molar-refractivity contribution in [3.63, 3.8) is 0 Å². The quantitative estimate of drug-likeness (QED) is 0.315. The van der Waals surface area contributed by atoms with E-state index in [9.17, 15) is 4.79 Å². The van der Waals surface area contributed by atoms with E-state index < -0.39 is 0 Å². The lowest BCUT2D eigenvalue weighted by Gasteiger charge is -1.99. The fraction of sp³-hybridized carbons (Fsp3) is 0.500. The summed E-state index contributed by atoms with van der Waals surface area (Å²) in [6.45, 7) is 3.50. The largest absolute Gasteiger partial charge is 0.457 e. The predicted molar refractivity (Wildman–Crippen MR) is 34.4 cm³/mol. The molecule has 1 heterocycles. The molecule has 0 aromatic heterocycles. The van der Waals surface area contributed by atoms with Gasteiger partial charge in [0.15, 0.2) is 0 Å². The first-order valence-electron chi connectivity index (χ1n) is 2.68. The summed E-state index contributed by atoms with van der Waals surface area (Å²) in [5.41, 5.74) is 0.528. The minimum Gasteiger partial charge on any atom is -0.457 e. The normalized spacial score (nSPS) is 26.6. The van der Waals surface area contributed by atoms with Gasteiger partial charge in [-0.3, -0.25) is 0 Å². The van der Waals surface area contributed by atoms with E-state index in [-0.39, 0.29) is 12.1 Å². The van der Waals surface area contributed by atoms with E-state index in [1.54, 1.807) is 0 Å². The van der Waals surface area contributed by atoms with Crippen LogP contribution in [0.5, 0.6) is 0 Å². The Kier molecular flexibility index (Phi) is 1.76. The van der Waals surface area contributed by atoms with Crippen LogP contribution in [0.2, 0.25) is 0 Å². The van der Waals surface area contributed by atoms with Crippen molar-refractivity contribution in [2.75, 3.05) is 5.88 Å². The van der Waals surface area contributed by atoms with Gasteiger partial charge in [-0.25, -0.2) is 4.79 Å². The lowest BCUT2D eigenvalue weighted by Crippen LogP contribution is -2.07. The Morgan fingerprint density at radius 2 is 2.56 bits per heavy atom. The Morgan fingerprint density at radius 3 is 2.78 bits per heavy atom. The zero-order valence-corrected chi connectivity index (χ0v) is 5.65. The zero-order chi connectivity index (χ0) is 6.85. The number of carbonyl (C=O) groups is 1. The zero-order valence-electron chi connectivity index (χ0n) is 4.89. The first kappa shape index (κ1) is 6.62. The van der Waals surface area contributed by atoms with Gasteiger partial charge in [0, 0.05) is 12.0 Å². The molecule has 0 spiro atoms. The summed E-state index contributed by atoms with van der Waals surface area (Å²) in [5, 5.41) is 0. The van der Waals surface area contributed by atoms with Crippen molar-refractivity contribution in [2.45, 2.75) is 12.5 Å². The van der Waals surface area contributed by atoms with Crippen molar-refractivity contribution in [1.82, 2.24) is 0 Å². The molecule has 1 unspecified atom stereocenters. The number of halogens is 1. The first-order chi connectivity index (χ1) is 4.24. The van der Waals surface area contributed by atoms with E-state index in [1.807, 2.05) is 0 Å². The second kappa shape index (κ2) is 2.40. The molecule has 0 N–H and O–H groups in total. The van der Waals surface area contributed by atoms with Crippen LogP contribution in [-0.4, -0.2) is 18.0 Å². The van der Waals surface area contributed by atoms with E-state index in [0.29, 0.717) is 17.9 Å². The van der Waals surface area contributed by atoms with Crippen LogP contribution in [0.4, 0.5) is 0 Å². The fourth-order valence-corrected chi connectivity index (χ4v) is 0.893. The minimum absolute atomic E-state index is 0.133. The van der Waals surface area contributed by atoms with E-state index >= 15 is 0 Å². The van der Waals surface area contributed by atoms with E-state index in [1.165, 1.54) is 0 Å².